The van der Waals surface area contributed by atoms with E-state index in [4.69, 9.17) is 23.2 Å². The molecule has 1 aromatic heterocycles. The number of nitrogens with zero attached hydrogens (tertiary/aromatic N) is 2. The highest BCUT2D eigenvalue weighted by Gasteiger charge is 2.58. The van der Waals surface area contributed by atoms with Gasteiger partial charge in [0.25, 0.3) is 0 Å². The van der Waals surface area contributed by atoms with Crippen molar-refractivity contribution in [3.63, 3.8) is 0 Å². The molecule has 8 heteroatoms. The van der Waals surface area contributed by atoms with Crippen molar-refractivity contribution in [3.8, 4) is 0 Å². The number of hydrogen-bond acceptors (Lipinski definition) is 3. The van der Waals surface area contributed by atoms with Gasteiger partial charge in [-0.2, -0.15) is 0 Å². The second-order valence-corrected chi connectivity index (χ2v) is 7.23. The summed E-state index contributed by atoms with van der Waals surface area (Å²) in [6.45, 7) is -0.107. The van der Waals surface area contributed by atoms with Crippen LogP contribution in [0.25, 0.3) is 0 Å². The van der Waals surface area contributed by atoms with Crippen molar-refractivity contribution in [3.05, 3.63) is 52.8 Å². The van der Waals surface area contributed by atoms with E-state index in [2.05, 4.69) is 4.98 Å². The number of alkyl halides is 1. The Kier molecular flexibility index (Phi) is 4.32. The second kappa shape index (κ2) is 6.02. The van der Waals surface area contributed by atoms with Crippen LogP contribution in [0.5, 0.6) is 0 Å². The van der Waals surface area contributed by atoms with Crippen LogP contribution in [0.2, 0.25) is 5.02 Å². The monoisotopic (exact) mass is 372 g/mol. The van der Waals surface area contributed by atoms with Gasteiger partial charge >= 0.3 is 5.97 Å². The van der Waals surface area contributed by atoms with Gasteiger partial charge < -0.3 is 14.8 Å². The van der Waals surface area contributed by atoms with Crippen LogP contribution in [0.3, 0.4) is 0 Å². The molecule has 1 aliphatic carbocycles. The molecule has 0 radical (unpaired) electrons. The number of benzene rings is 1. The van der Waals surface area contributed by atoms with E-state index in [-0.39, 0.29) is 29.2 Å². The molecule has 1 fully saturated rings. The summed E-state index contributed by atoms with van der Waals surface area (Å²) in [6.07, 6.45) is 3.54. The van der Waals surface area contributed by atoms with Crippen molar-refractivity contribution in [2.75, 3.05) is 0 Å². The van der Waals surface area contributed by atoms with Gasteiger partial charge in [-0.15, -0.1) is 11.6 Å². The van der Waals surface area contributed by atoms with Crippen LogP contribution < -0.4 is 0 Å². The Hall–Kier alpha value is -1.63. The summed E-state index contributed by atoms with van der Waals surface area (Å²) in [4.78, 5) is 14.1. The summed E-state index contributed by atoms with van der Waals surface area (Å²) in [6, 6.07) is 4.54. The molecule has 1 saturated carbocycles. The normalized spacial score (nSPS) is 18.2. The zero-order chi connectivity index (χ0) is 17.5. The van der Waals surface area contributed by atoms with E-state index in [1.54, 1.807) is 6.07 Å². The Balaban J connectivity index is 1.95. The number of imidazole rings is 1. The molecule has 1 aromatic carbocycles. The minimum absolute atomic E-state index is 0.0388. The molecule has 1 aliphatic rings. The Morgan fingerprint density at radius 3 is 2.79 bits per heavy atom. The third kappa shape index (κ3) is 3.01. The molecule has 1 unspecified atom stereocenters. The zero-order valence-corrected chi connectivity index (χ0v) is 14.1. The molecule has 0 aliphatic heterocycles. The van der Waals surface area contributed by atoms with Crippen molar-refractivity contribution >= 4 is 29.2 Å². The van der Waals surface area contributed by atoms with E-state index >= 15 is 0 Å². The standard InChI is InChI=1S/C16H15Cl2FN2O3/c17-11-3-1-2-10(13(11)19)6-16(24,15(18)4-5-15)8-21-9-20-7-12(21)14(22)23/h1-3,7,9,24H,4-6,8H2,(H,22,23). The first-order valence-electron chi connectivity index (χ1n) is 7.33. The second-order valence-electron chi connectivity index (χ2n) is 6.10. The highest BCUT2D eigenvalue weighted by Crippen LogP contribution is 2.53. The van der Waals surface area contributed by atoms with E-state index in [0.717, 1.165) is 0 Å². The van der Waals surface area contributed by atoms with Gasteiger partial charge in [-0.05, 0) is 24.5 Å². The molecule has 0 spiro atoms. The third-order valence-electron chi connectivity index (χ3n) is 4.40. The predicted molar refractivity (Wildman–Crippen MR) is 87.1 cm³/mol. The van der Waals surface area contributed by atoms with E-state index in [0.29, 0.717) is 12.8 Å². The number of halogens is 3. The van der Waals surface area contributed by atoms with Crippen LogP contribution in [-0.2, 0) is 13.0 Å². The quantitative estimate of drug-likeness (QED) is 0.763. The molecule has 1 heterocycles. The Bertz CT molecular complexity index is 791. The zero-order valence-electron chi connectivity index (χ0n) is 12.5. The Morgan fingerprint density at radius 1 is 1.46 bits per heavy atom. The summed E-state index contributed by atoms with van der Waals surface area (Å²) in [5, 5.41) is 20.3. The number of carboxylic acid groups (broad SMARTS) is 1. The summed E-state index contributed by atoms with van der Waals surface area (Å²) < 4.78 is 15.5. The first-order valence-corrected chi connectivity index (χ1v) is 8.09. The Labute approximate surface area is 147 Å². The summed E-state index contributed by atoms with van der Waals surface area (Å²) in [7, 11) is 0. The van der Waals surface area contributed by atoms with Crippen LogP contribution in [-0.4, -0.2) is 36.2 Å². The first-order chi connectivity index (χ1) is 11.3. The first kappa shape index (κ1) is 17.2. The largest absolute Gasteiger partial charge is 0.477 e. The lowest BCUT2D eigenvalue weighted by Gasteiger charge is -2.34. The predicted octanol–water partition coefficient (Wildman–Crippen LogP) is 3.12. The topological polar surface area (TPSA) is 75.3 Å². The molecule has 128 valence electrons. The van der Waals surface area contributed by atoms with Gasteiger partial charge in [0.2, 0.25) is 0 Å². The van der Waals surface area contributed by atoms with Crippen LogP contribution in [0.15, 0.2) is 30.7 Å². The minimum atomic E-state index is -1.54. The molecule has 3 rings (SSSR count). The van der Waals surface area contributed by atoms with Crippen LogP contribution >= 0.6 is 23.2 Å². The lowest BCUT2D eigenvalue weighted by molar-refractivity contribution is 0.00919. The lowest BCUT2D eigenvalue weighted by atomic mass is 9.88. The molecular formula is C16H15Cl2FN2O3. The number of carbonyl (C=O) groups is 1. The van der Waals surface area contributed by atoms with Crippen molar-refractivity contribution < 1.29 is 19.4 Å². The average molecular weight is 373 g/mol. The van der Waals surface area contributed by atoms with Crippen molar-refractivity contribution in [2.24, 2.45) is 0 Å². The van der Waals surface area contributed by atoms with Gasteiger partial charge in [0.1, 0.15) is 17.1 Å². The molecule has 2 aromatic rings. The fraction of sp³-hybridized carbons (Fsp3) is 0.375. The van der Waals surface area contributed by atoms with Gasteiger partial charge in [-0.25, -0.2) is 14.2 Å². The van der Waals surface area contributed by atoms with E-state index in [1.165, 1.54) is 29.2 Å². The SMILES string of the molecule is O=C(O)c1cncn1CC(O)(Cc1cccc(Cl)c1F)C1(Cl)CC1. The smallest absolute Gasteiger partial charge is 0.354 e. The molecule has 0 amide bonds. The number of rotatable bonds is 6. The lowest BCUT2D eigenvalue weighted by Crippen LogP contribution is -2.47. The summed E-state index contributed by atoms with van der Waals surface area (Å²) in [5.41, 5.74) is -1.37. The van der Waals surface area contributed by atoms with Crippen molar-refractivity contribution in [1.82, 2.24) is 9.55 Å². The molecule has 24 heavy (non-hydrogen) atoms. The highest BCUT2D eigenvalue weighted by molar-refractivity contribution is 6.30. The molecular weight excluding hydrogens is 358 g/mol. The Morgan fingerprint density at radius 2 is 2.17 bits per heavy atom. The average Bonchev–Trinajstić information content (AvgIpc) is 3.10. The van der Waals surface area contributed by atoms with Crippen molar-refractivity contribution in [2.45, 2.75) is 36.3 Å². The molecule has 0 bridgehead atoms. The molecule has 0 saturated heterocycles. The number of carboxylic acids is 1. The third-order valence-corrected chi connectivity index (χ3v) is 5.42. The number of aromatic carboxylic acids is 1. The van der Waals surface area contributed by atoms with Crippen LogP contribution in [0.4, 0.5) is 4.39 Å². The van der Waals surface area contributed by atoms with Gasteiger partial charge in [0.15, 0.2) is 0 Å². The van der Waals surface area contributed by atoms with Crippen molar-refractivity contribution in [1.29, 1.82) is 0 Å². The van der Waals surface area contributed by atoms with E-state index in [1.807, 2.05) is 0 Å². The summed E-state index contributed by atoms with van der Waals surface area (Å²) in [5.74, 6) is -1.77. The maximum Gasteiger partial charge on any atom is 0.354 e. The maximum atomic E-state index is 14.2. The molecule has 2 N–H and O–H groups in total. The van der Waals surface area contributed by atoms with Crippen LogP contribution in [0.1, 0.15) is 28.9 Å². The molecule has 1 atom stereocenters. The van der Waals surface area contributed by atoms with Gasteiger partial charge in [0, 0.05) is 6.42 Å². The number of aliphatic hydroxyl groups is 1. The number of aromatic nitrogens is 2. The maximum absolute atomic E-state index is 14.2. The van der Waals surface area contributed by atoms with Crippen LogP contribution in [0, 0.1) is 5.82 Å². The molecule has 5 nitrogen and oxygen atoms in total. The van der Waals surface area contributed by atoms with E-state index < -0.39 is 22.3 Å². The number of hydrogen-bond donors (Lipinski definition) is 2. The highest BCUT2D eigenvalue weighted by atomic mass is 35.5. The van der Waals surface area contributed by atoms with Gasteiger partial charge in [-0.1, -0.05) is 23.7 Å². The summed E-state index contributed by atoms with van der Waals surface area (Å²) >= 11 is 12.3. The minimum Gasteiger partial charge on any atom is -0.477 e. The van der Waals surface area contributed by atoms with E-state index in [9.17, 15) is 19.4 Å². The fourth-order valence-electron chi connectivity index (χ4n) is 2.84. The van der Waals surface area contributed by atoms with Gasteiger partial charge in [0.05, 0.1) is 29.0 Å². The fourth-order valence-corrected chi connectivity index (χ4v) is 3.25. The van der Waals surface area contributed by atoms with Gasteiger partial charge in [-0.3, -0.25) is 0 Å².